The summed E-state index contributed by atoms with van der Waals surface area (Å²) in [6.07, 6.45) is 3.55. The molecule has 0 unspecified atom stereocenters. The van der Waals surface area contributed by atoms with Crippen molar-refractivity contribution in [3.05, 3.63) is 75.8 Å². The number of hydrogen-bond acceptors (Lipinski definition) is 1. The molecule has 2 aromatic carbocycles. The monoisotopic (exact) mass is 328 g/mol. The Kier molecular flexibility index (Phi) is 4.91. The van der Waals surface area contributed by atoms with Crippen LogP contribution in [-0.4, -0.2) is 5.78 Å². The summed E-state index contributed by atoms with van der Waals surface area (Å²) in [7, 11) is 0. The second-order valence-electron chi connectivity index (χ2n) is 4.99. The fourth-order valence-corrected chi connectivity index (χ4v) is 2.33. The first-order valence-electron chi connectivity index (χ1n) is 6.65. The van der Waals surface area contributed by atoms with Gasteiger partial charge in [-0.15, -0.1) is 0 Å². The van der Waals surface area contributed by atoms with Gasteiger partial charge in [-0.3, -0.25) is 4.79 Å². The van der Waals surface area contributed by atoms with E-state index >= 15 is 0 Å². The molecule has 0 aliphatic carbocycles. The zero-order valence-electron chi connectivity index (χ0n) is 11.6. The smallest absolute Gasteiger partial charge is 0.185 e. The van der Waals surface area contributed by atoms with E-state index in [2.05, 4.69) is 35.8 Å². The first-order valence-corrected chi connectivity index (χ1v) is 7.44. The molecule has 0 spiro atoms. The van der Waals surface area contributed by atoms with Gasteiger partial charge in [-0.25, -0.2) is 0 Å². The number of allylic oxidation sites excluding steroid dienone is 1. The van der Waals surface area contributed by atoms with Crippen LogP contribution in [0.1, 0.15) is 41.3 Å². The van der Waals surface area contributed by atoms with Crippen LogP contribution < -0.4 is 0 Å². The van der Waals surface area contributed by atoms with Gasteiger partial charge >= 0.3 is 0 Å². The van der Waals surface area contributed by atoms with Crippen molar-refractivity contribution in [1.82, 2.24) is 0 Å². The molecule has 0 saturated carbocycles. The van der Waals surface area contributed by atoms with Crippen LogP contribution in [0.4, 0.5) is 0 Å². The van der Waals surface area contributed by atoms with Gasteiger partial charge in [0.25, 0.3) is 0 Å². The van der Waals surface area contributed by atoms with Crippen molar-refractivity contribution in [2.45, 2.75) is 19.8 Å². The van der Waals surface area contributed by atoms with E-state index in [1.54, 1.807) is 6.08 Å². The Bertz CT molecular complexity index is 624. The molecule has 2 heteroatoms. The van der Waals surface area contributed by atoms with E-state index in [4.69, 9.17) is 0 Å². The van der Waals surface area contributed by atoms with Gasteiger partial charge in [0.2, 0.25) is 0 Å². The van der Waals surface area contributed by atoms with Gasteiger partial charge in [0.1, 0.15) is 0 Å². The lowest BCUT2D eigenvalue weighted by molar-refractivity contribution is 0.104. The second-order valence-corrected chi connectivity index (χ2v) is 5.90. The Morgan fingerprint density at radius 2 is 1.70 bits per heavy atom. The van der Waals surface area contributed by atoms with E-state index in [1.165, 1.54) is 5.56 Å². The standard InChI is InChI=1S/C18H17BrO/c1-13(2)17-6-4-3-5-14(17)9-12-18(20)15-7-10-16(19)11-8-15/h3-13H,1-2H3/b12-9+. The zero-order chi connectivity index (χ0) is 14.5. The maximum Gasteiger partial charge on any atom is 0.185 e. The molecule has 2 rings (SSSR count). The third-order valence-electron chi connectivity index (χ3n) is 3.16. The number of hydrogen-bond donors (Lipinski definition) is 0. The van der Waals surface area contributed by atoms with Gasteiger partial charge in [0.15, 0.2) is 5.78 Å². The molecule has 20 heavy (non-hydrogen) atoms. The zero-order valence-corrected chi connectivity index (χ0v) is 13.2. The van der Waals surface area contributed by atoms with Crippen LogP contribution in [-0.2, 0) is 0 Å². The minimum absolute atomic E-state index is 0.0241. The van der Waals surface area contributed by atoms with Crippen LogP contribution in [0.25, 0.3) is 6.08 Å². The molecular formula is C18H17BrO. The van der Waals surface area contributed by atoms with E-state index in [-0.39, 0.29) is 5.78 Å². The lowest BCUT2D eigenvalue weighted by atomic mass is 9.96. The largest absolute Gasteiger partial charge is 0.289 e. The van der Waals surface area contributed by atoms with E-state index < -0.39 is 0 Å². The van der Waals surface area contributed by atoms with Gasteiger partial charge in [-0.05, 0) is 47.4 Å². The molecule has 0 aliphatic heterocycles. The molecular weight excluding hydrogens is 312 g/mol. The van der Waals surface area contributed by atoms with Crippen molar-refractivity contribution in [3.63, 3.8) is 0 Å². The molecule has 0 amide bonds. The van der Waals surface area contributed by atoms with Crippen LogP contribution in [0.15, 0.2) is 59.1 Å². The lowest BCUT2D eigenvalue weighted by Gasteiger charge is -2.08. The van der Waals surface area contributed by atoms with E-state index in [9.17, 15) is 4.79 Å². The van der Waals surface area contributed by atoms with Crippen molar-refractivity contribution in [2.24, 2.45) is 0 Å². The lowest BCUT2D eigenvalue weighted by Crippen LogP contribution is -1.95. The van der Waals surface area contributed by atoms with Gasteiger partial charge in [0, 0.05) is 10.0 Å². The van der Waals surface area contributed by atoms with E-state index in [1.807, 2.05) is 48.5 Å². The van der Waals surface area contributed by atoms with Crippen LogP contribution in [0.3, 0.4) is 0 Å². The summed E-state index contributed by atoms with van der Waals surface area (Å²) in [5.74, 6) is 0.467. The molecule has 0 heterocycles. The Hall–Kier alpha value is -1.67. The number of benzene rings is 2. The number of ketones is 1. The first kappa shape index (κ1) is 14.7. The summed E-state index contributed by atoms with van der Waals surface area (Å²) in [6, 6.07) is 15.6. The average molecular weight is 329 g/mol. The third kappa shape index (κ3) is 3.67. The fraction of sp³-hybridized carbons (Fsp3) is 0.167. The Labute approximate surface area is 128 Å². The molecule has 0 N–H and O–H groups in total. The van der Waals surface area contributed by atoms with Crippen molar-refractivity contribution in [1.29, 1.82) is 0 Å². The van der Waals surface area contributed by atoms with Crippen LogP contribution >= 0.6 is 15.9 Å². The quantitative estimate of drug-likeness (QED) is 0.537. The molecule has 0 saturated heterocycles. The summed E-state index contributed by atoms with van der Waals surface area (Å²) in [4.78, 5) is 12.1. The predicted molar refractivity (Wildman–Crippen MR) is 88.0 cm³/mol. The van der Waals surface area contributed by atoms with E-state index in [0.29, 0.717) is 11.5 Å². The molecule has 0 bridgehead atoms. The Balaban J connectivity index is 2.21. The average Bonchev–Trinajstić information content (AvgIpc) is 2.45. The maximum atomic E-state index is 12.1. The SMILES string of the molecule is CC(C)c1ccccc1/C=C/C(=O)c1ccc(Br)cc1. The topological polar surface area (TPSA) is 17.1 Å². The van der Waals surface area contributed by atoms with Crippen LogP contribution in [0, 0.1) is 0 Å². The highest BCUT2D eigenvalue weighted by molar-refractivity contribution is 9.10. The molecule has 0 aromatic heterocycles. The van der Waals surface area contributed by atoms with Gasteiger partial charge < -0.3 is 0 Å². The molecule has 102 valence electrons. The number of carbonyl (C=O) groups is 1. The molecule has 1 nitrogen and oxygen atoms in total. The summed E-state index contributed by atoms with van der Waals surface area (Å²) >= 11 is 3.37. The highest BCUT2D eigenvalue weighted by Crippen LogP contribution is 2.20. The highest BCUT2D eigenvalue weighted by Gasteiger charge is 2.05. The van der Waals surface area contributed by atoms with Crippen molar-refractivity contribution in [2.75, 3.05) is 0 Å². The third-order valence-corrected chi connectivity index (χ3v) is 3.69. The van der Waals surface area contributed by atoms with E-state index in [0.717, 1.165) is 10.0 Å². The summed E-state index contributed by atoms with van der Waals surface area (Å²) in [6.45, 7) is 4.31. The van der Waals surface area contributed by atoms with Crippen molar-refractivity contribution in [3.8, 4) is 0 Å². The van der Waals surface area contributed by atoms with Gasteiger partial charge in [-0.1, -0.05) is 60.1 Å². The molecule has 2 aromatic rings. The van der Waals surface area contributed by atoms with Crippen LogP contribution in [0.5, 0.6) is 0 Å². The number of carbonyl (C=O) groups excluding carboxylic acids is 1. The fourth-order valence-electron chi connectivity index (χ4n) is 2.06. The minimum atomic E-state index is 0.0241. The van der Waals surface area contributed by atoms with Crippen molar-refractivity contribution >= 4 is 27.8 Å². The molecule has 0 radical (unpaired) electrons. The first-order chi connectivity index (χ1) is 9.58. The molecule has 0 fully saturated rings. The Morgan fingerprint density at radius 3 is 2.35 bits per heavy atom. The summed E-state index contributed by atoms with van der Waals surface area (Å²) in [5, 5.41) is 0. The molecule has 0 atom stereocenters. The maximum absolute atomic E-state index is 12.1. The highest BCUT2D eigenvalue weighted by atomic mass is 79.9. The second kappa shape index (κ2) is 6.67. The van der Waals surface area contributed by atoms with Crippen LogP contribution in [0.2, 0.25) is 0 Å². The summed E-state index contributed by atoms with van der Waals surface area (Å²) < 4.78 is 0.975. The minimum Gasteiger partial charge on any atom is -0.289 e. The predicted octanol–water partition coefficient (Wildman–Crippen LogP) is 5.47. The van der Waals surface area contributed by atoms with Crippen molar-refractivity contribution < 1.29 is 4.79 Å². The molecule has 0 aliphatic rings. The number of halogens is 1. The van der Waals surface area contributed by atoms with Gasteiger partial charge in [-0.2, -0.15) is 0 Å². The number of rotatable bonds is 4. The van der Waals surface area contributed by atoms with Gasteiger partial charge in [0.05, 0.1) is 0 Å². The normalized spacial score (nSPS) is 11.2. The Morgan fingerprint density at radius 1 is 1.05 bits per heavy atom. The summed E-state index contributed by atoms with van der Waals surface area (Å²) in [5.41, 5.74) is 3.06.